The molecule has 0 aliphatic rings. The van der Waals surface area contributed by atoms with Crippen molar-refractivity contribution in [2.75, 3.05) is 0 Å². The summed E-state index contributed by atoms with van der Waals surface area (Å²) in [6.45, 7) is 5.69. The largest absolute Gasteiger partial charge is 0.298 e. The molecule has 0 atom stereocenters. The van der Waals surface area contributed by atoms with Gasteiger partial charge in [-0.3, -0.25) is 4.79 Å². The lowest BCUT2D eigenvalue weighted by Crippen LogP contribution is -1.83. The van der Waals surface area contributed by atoms with Crippen LogP contribution < -0.4 is 0 Å². The molecule has 1 heteroatoms. The third-order valence-corrected chi connectivity index (χ3v) is 1.47. The van der Waals surface area contributed by atoms with Gasteiger partial charge in [0.25, 0.3) is 0 Å². The lowest BCUT2D eigenvalue weighted by molar-refractivity contribution is -0.105. The summed E-state index contributed by atoms with van der Waals surface area (Å²) in [5.74, 6) is 0. The first kappa shape index (κ1) is 10.2. The van der Waals surface area contributed by atoms with E-state index in [1.807, 2.05) is 12.2 Å². The third-order valence-electron chi connectivity index (χ3n) is 1.47. The molecular weight excluding hydrogens is 136 g/mol. The summed E-state index contributed by atoms with van der Waals surface area (Å²) in [6.07, 6.45) is 8.66. The van der Waals surface area contributed by atoms with Gasteiger partial charge in [0.15, 0.2) is 0 Å². The molecule has 0 unspecified atom stereocenters. The van der Waals surface area contributed by atoms with Crippen LogP contribution in [0.2, 0.25) is 0 Å². The molecule has 11 heavy (non-hydrogen) atoms. The Morgan fingerprint density at radius 2 is 2.18 bits per heavy atom. The van der Waals surface area contributed by atoms with E-state index < -0.39 is 0 Å². The first-order chi connectivity index (χ1) is 5.35. The summed E-state index contributed by atoms with van der Waals surface area (Å²) in [4.78, 5) is 10.4. The van der Waals surface area contributed by atoms with Crippen molar-refractivity contribution < 1.29 is 4.79 Å². The molecule has 0 fully saturated rings. The minimum atomic E-state index is 0.903. The maximum atomic E-state index is 10.4. The molecule has 0 heterocycles. The predicted molar refractivity (Wildman–Crippen MR) is 48.5 cm³/mol. The van der Waals surface area contributed by atoms with Crippen LogP contribution in [0.4, 0.5) is 0 Å². The van der Waals surface area contributed by atoms with Crippen LogP contribution in [-0.4, -0.2) is 6.29 Å². The minimum absolute atomic E-state index is 0.903. The Labute approximate surface area is 68.8 Å². The smallest absolute Gasteiger partial charge is 0.145 e. The van der Waals surface area contributed by atoms with E-state index in [-0.39, 0.29) is 0 Å². The van der Waals surface area contributed by atoms with Crippen molar-refractivity contribution in [3.8, 4) is 0 Å². The Kier molecular flexibility index (Phi) is 6.70. The van der Waals surface area contributed by atoms with Crippen LogP contribution in [-0.2, 0) is 4.79 Å². The number of hydrogen-bond donors (Lipinski definition) is 0. The summed E-state index contributed by atoms with van der Waals surface area (Å²) in [7, 11) is 0. The molecule has 0 N–H and O–H groups in total. The first-order valence-electron chi connectivity index (χ1n) is 4.10. The second-order valence-electron chi connectivity index (χ2n) is 2.51. The van der Waals surface area contributed by atoms with Gasteiger partial charge >= 0.3 is 0 Å². The van der Waals surface area contributed by atoms with Crippen LogP contribution in [0.15, 0.2) is 24.3 Å². The Morgan fingerprint density at radius 3 is 2.64 bits per heavy atom. The Bertz CT molecular complexity index is 145. The number of aldehydes is 1. The van der Waals surface area contributed by atoms with E-state index >= 15 is 0 Å². The molecule has 0 aliphatic heterocycles. The fourth-order valence-electron chi connectivity index (χ4n) is 0.884. The van der Waals surface area contributed by atoms with Gasteiger partial charge < -0.3 is 0 Å². The monoisotopic (exact) mass is 152 g/mol. The Hall–Kier alpha value is -0.850. The summed E-state index contributed by atoms with van der Waals surface area (Å²) in [5.41, 5.74) is 0.925. The highest BCUT2D eigenvalue weighted by molar-refractivity contribution is 5.72. The molecule has 0 aromatic heterocycles. The summed E-state index contributed by atoms with van der Waals surface area (Å²) in [6, 6.07) is 0. The predicted octanol–water partition coefficient (Wildman–Crippen LogP) is 2.88. The topological polar surface area (TPSA) is 17.1 Å². The number of carbonyl (C=O) groups is 1. The average molecular weight is 152 g/mol. The molecule has 0 saturated heterocycles. The molecule has 1 nitrogen and oxygen atoms in total. The van der Waals surface area contributed by atoms with Crippen molar-refractivity contribution in [3.05, 3.63) is 24.3 Å². The zero-order valence-electron chi connectivity index (χ0n) is 7.18. The Morgan fingerprint density at radius 1 is 1.45 bits per heavy atom. The number of allylic oxidation sites excluding steroid dienone is 3. The van der Waals surface area contributed by atoms with E-state index in [9.17, 15) is 4.79 Å². The molecular formula is C10H16O. The first-order valence-corrected chi connectivity index (χ1v) is 4.10. The summed E-state index contributed by atoms with van der Waals surface area (Å²) >= 11 is 0. The lowest BCUT2D eigenvalue weighted by atomic mass is 10.1. The van der Waals surface area contributed by atoms with E-state index in [0.717, 1.165) is 37.5 Å². The maximum absolute atomic E-state index is 10.4. The zero-order chi connectivity index (χ0) is 8.53. The number of hydrogen-bond acceptors (Lipinski definition) is 1. The van der Waals surface area contributed by atoms with Gasteiger partial charge in [-0.25, -0.2) is 0 Å². The highest BCUT2D eigenvalue weighted by atomic mass is 16.1. The van der Waals surface area contributed by atoms with Gasteiger partial charge in [-0.15, -0.1) is 6.58 Å². The molecule has 0 aromatic rings. The molecule has 0 saturated carbocycles. The number of unbranched alkanes of at least 4 members (excludes halogenated alkanes) is 1. The highest BCUT2D eigenvalue weighted by Gasteiger charge is 1.90. The second-order valence-corrected chi connectivity index (χ2v) is 2.51. The van der Waals surface area contributed by atoms with Crippen LogP contribution in [0.5, 0.6) is 0 Å². The molecule has 62 valence electrons. The van der Waals surface area contributed by atoms with Gasteiger partial charge in [0.1, 0.15) is 6.29 Å². The summed E-state index contributed by atoms with van der Waals surface area (Å²) < 4.78 is 0. The standard InChI is InChI=1S/C10H16O/c1-3-5-6-8-10(9-11)7-4-2/h3,8-9H,1,4-7H2,2H3. The average Bonchev–Trinajstić information content (AvgIpc) is 2.03. The van der Waals surface area contributed by atoms with E-state index in [0.29, 0.717) is 0 Å². The van der Waals surface area contributed by atoms with E-state index in [1.54, 1.807) is 0 Å². The van der Waals surface area contributed by atoms with Crippen LogP contribution in [0.25, 0.3) is 0 Å². The van der Waals surface area contributed by atoms with Crippen molar-refractivity contribution in [2.24, 2.45) is 0 Å². The fraction of sp³-hybridized carbons (Fsp3) is 0.500. The van der Waals surface area contributed by atoms with Crippen molar-refractivity contribution in [3.63, 3.8) is 0 Å². The SMILES string of the molecule is C=CCCC=C(C=O)CCC. The van der Waals surface area contributed by atoms with Gasteiger partial charge in [0, 0.05) is 0 Å². The van der Waals surface area contributed by atoms with E-state index in [1.165, 1.54) is 0 Å². The number of carbonyl (C=O) groups excluding carboxylic acids is 1. The van der Waals surface area contributed by atoms with Crippen LogP contribution >= 0.6 is 0 Å². The van der Waals surface area contributed by atoms with E-state index in [4.69, 9.17) is 0 Å². The van der Waals surface area contributed by atoms with Crippen LogP contribution in [0, 0.1) is 0 Å². The van der Waals surface area contributed by atoms with Crippen molar-refractivity contribution in [2.45, 2.75) is 32.6 Å². The fourth-order valence-corrected chi connectivity index (χ4v) is 0.884. The van der Waals surface area contributed by atoms with Gasteiger partial charge in [0.2, 0.25) is 0 Å². The lowest BCUT2D eigenvalue weighted by Gasteiger charge is -1.94. The van der Waals surface area contributed by atoms with Gasteiger partial charge in [-0.05, 0) is 24.8 Å². The van der Waals surface area contributed by atoms with Crippen LogP contribution in [0.1, 0.15) is 32.6 Å². The molecule has 0 aliphatic carbocycles. The second kappa shape index (κ2) is 7.26. The molecule has 0 radical (unpaired) electrons. The van der Waals surface area contributed by atoms with Crippen LogP contribution in [0.3, 0.4) is 0 Å². The van der Waals surface area contributed by atoms with Gasteiger partial charge in [-0.2, -0.15) is 0 Å². The molecule has 0 spiro atoms. The van der Waals surface area contributed by atoms with Crippen molar-refractivity contribution >= 4 is 6.29 Å². The third kappa shape index (κ3) is 5.59. The summed E-state index contributed by atoms with van der Waals surface area (Å²) in [5, 5.41) is 0. The Balaban J connectivity index is 3.69. The molecule has 0 amide bonds. The zero-order valence-corrected chi connectivity index (χ0v) is 7.18. The molecule has 0 rings (SSSR count). The quantitative estimate of drug-likeness (QED) is 0.247. The van der Waals surface area contributed by atoms with Gasteiger partial charge in [0.05, 0.1) is 0 Å². The normalized spacial score (nSPS) is 11.2. The molecule has 0 aromatic carbocycles. The molecule has 0 bridgehead atoms. The number of rotatable bonds is 6. The van der Waals surface area contributed by atoms with Crippen molar-refractivity contribution in [1.29, 1.82) is 0 Å². The van der Waals surface area contributed by atoms with Gasteiger partial charge in [-0.1, -0.05) is 25.5 Å². The van der Waals surface area contributed by atoms with E-state index in [2.05, 4.69) is 13.5 Å². The van der Waals surface area contributed by atoms with Crippen molar-refractivity contribution in [1.82, 2.24) is 0 Å². The highest BCUT2D eigenvalue weighted by Crippen LogP contribution is 2.04. The minimum Gasteiger partial charge on any atom is -0.298 e. The maximum Gasteiger partial charge on any atom is 0.145 e.